The minimum absolute atomic E-state index is 0.518. The molecule has 1 nitrogen and oxygen atoms in total. The third kappa shape index (κ3) is 3.58. The van der Waals surface area contributed by atoms with Crippen molar-refractivity contribution in [3.05, 3.63) is 27.7 Å². The van der Waals surface area contributed by atoms with Crippen LogP contribution in [0.1, 0.15) is 32.3 Å². The summed E-state index contributed by atoms with van der Waals surface area (Å²) in [5, 5.41) is 1.09. The van der Waals surface area contributed by atoms with E-state index in [1.54, 1.807) is 0 Å². The van der Waals surface area contributed by atoms with Crippen LogP contribution in [0.3, 0.4) is 0 Å². The van der Waals surface area contributed by atoms with Gasteiger partial charge in [-0.2, -0.15) is 0 Å². The highest BCUT2D eigenvalue weighted by atomic mass is 35.5. The Kier molecular flexibility index (Phi) is 5.27. The van der Waals surface area contributed by atoms with E-state index in [0.717, 1.165) is 24.8 Å². The highest BCUT2D eigenvalue weighted by molar-refractivity contribution is 6.43. The number of aryl methyl sites for hydroxylation is 1. The molecule has 0 fully saturated rings. The van der Waals surface area contributed by atoms with Gasteiger partial charge in [0.05, 0.1) is 11.6 Å². The summed E-state index contributed by atoms with van der Waals surface area (Å²) in [5.74, 6) is 0.703. The number of rotatable bonds is 5. The van der Waals surface area contributed by atoms with Gasteiger partial charge in [-0.3, -0.25) is 0 Å². The van der Waals surface area contributed by atoms with Gasteiger partial charge in [0.2, 0.25) is 0 Å². The van der Waals surface area contributed by atoms with Crippen molar-refractivity contribution >= 4 is 23.2 Å². The van der Waals surface area contributed by atoms with E-state index >= 15 is 0 Å². The molecule has 0 unspecified atom stereocenters. The minimum Gasteiger partial charge on any atom is -0.492 e. The standard InChI is InChI=1S/C12H16Cl2O/c1-3-5-6-15-11-8-9(4-2)7-10(13)12(11)14/h7-8H,3-6H2,1-2H3. The Labute approximate surface area is 101 Å². The van der Waals surface area contributed by atoms with Gasteiger partial charge < -0.3 is 4.74 Å². The molecule has 15 heavy (non-hydrogen) atoms. The maximum absolute atomic E-state index is 6.04. The summed E-state index contributed by atoms with van der Waals surface area (Å²) in [7, 11) is 0. The fraction of sp³-hybridized carbons (Fsp3) is 0.500. The summed E-state index contributed by atoms with van der Waals surface area (Å²) < 4.78 is 5.58. The van der Waals surface area contributed by atoms with Crippen LogP contribution in [-0.4, -0.2) is 6.61 Å². The van der Waals surface area contributed by atoms with E-state index in [0.29, 0.717) is 22.4 Å². The van der Waals surface area contributed by atoms with E-state index < -0.39 is 0 Å². The molecule has 84 valence electrons. The van der Waals surface area contributed by atoms with Crippen molar-refractivity contribution in [3.8, 4) is 5.75 Å². The number of unbranched alkanes of at least 4 members (excludes halogenated alkanes) is 1. The monoisotopic (exact) mass is 246 g/mol. The molecule has 1 aromatic carbocycles. The Morgan fingerprint density at radius 1 is 1.20 bits per heavy atom. The molecule has 0 spiro atoms. The van der Waals surface area contributed by atoms with Crippen molar-refractivity contribution in [3.63, 3.8) is 0 Å². The molecule has 0 aromatic heterocycles. The first kappa shape index (κ1) is 12.7. The van der Waals surface area contributed by atoms with Crippen molar-refractivity contribution in [2.24, 2.45) is 0 Å². The molecule has 0 atom stereocenters. The molecule has 0 radical (unpaired) electrons. The summed E-state index contributed by atoms with van der Waals surface area (Å²) in [6, 6.07) is 3.85. The van der Waals surface area contributed by atoms with Gasteiger partial charge in [0.25, 0.3) is 0 Å². The van der Waals surface area contributed by atoms with E-state index in [9.17, 15) is 0 Å². The lowest BCUT2D eigenvalue weighted by Gasteiger charge is -2.10. The molecule has 0 N–H and O–H groups in total. The second-order valence-electron chi connectivity index (χ2n) is 3.45. The van der Waals surface area contributed by atoms with Gasteiger partial charge in [0, 0.05) is 0 Å². The van der Waals surface area contributed by atoms with E-state index in [1.165, 1.54) is 0 Å². The third-order valence-electron chi connectivity index (χ3n) is 2.22. The minimum atomic E-state index is 0.518. The largest absolute Gasteiger partial charge is 0.492 e. The lowest BCUT2D eigenvalue weighted by molar-refractivity contribution is 0.309. The molecule has 3 heteroatoms. The van der Waals surface area contributed by atoms with Crippen LogP contribution in [0.15, 0.2) is 12.1 Å². The zero-order chi connectivity index (χ0) is 11.3. The maximum atomic E-state index is 6.04. The molecular weight excluding hydrogens is 231 g/mol. The molecule has 1 rings (SSSR count). The summed E-state index contributed by atoms with van der Waals surface area (Å²) in [6.07, 6.45) is 3.07. The number of hydrogen-bond acceptors (Lipinski definition) is 1. The van der Waals surface area contributed by atoms with Crippen LogP contribution in [-0.2, 0) is 6.42 Å². The first-order valence-electron chi connectivity index (χ1n) is 5.29. The SMILES string of the molecule is CCCCOc1cc(CC)cc(Cl)c1Cl. The quantitative estimate of drug-likeness (QED) is 0.683. The summed E-state index contributed by atoms with van der Waals surface area (Å²) in [5.41, 5.74) is 1.15. The highest BCUT2D eigenvalue weighted by Gasteiger charge is 2.07. The van der Waals surface area contributed by atoms with Gasteiger partial charge in [-0.25, -0.2) is 0 Å². The molecule has 0 bridgehead atoms. The first-order chi connectivity index (χ1) is 7.19. The van der Waals surface area contributed by atoms with Gasteiger partial charge in [-0.1, -0.05) is 43.5 Å². The van der Waals surface area contributed by atoms with Crippen molar-refractivity contribution in [2.75, 3.05) is 6.61 Å². The van der Waals surface area contributed by atoms with E-state index in [-0.39, 0.29) is 0 Å². The van der Waals surface area contributed by atoms with Crippen molar-refractivity contribution in [1.29, 1.82) is 0 Å². The molecule has 0 heterocycles. The van der Waals surface area contributed by atoms with Gasteiger partial charge in [0.1, 0.15) is 10.8 Å². The van der Waals surface area contributed by atoms with Crippen LogP contribution < -0.4 is 4.74 Å². The summed E-state index contributed by atoms with van der Waals surface area (Å²) >= 11 is 12.0. The Morgan fingerprint density at radius 2 is 1.93 bits per heavy atom. The zero-order valence-electron chi connectivity index (χ0n) is 9.15. The Hall–Kier alpha value is -0.400. The fourth-order valence-electron chi connectivity index (χ4n) is 1.25. The summed E-state index contributed by atoms with van der Waals surface area (Å²) in [4.78, 5) is 0. The Morgan fingerprint density at radius 3 is 2.53 bits per heavy atom. The molecule has 0 aliphatic carbocycles. The van der Waals surface area contributed by atoms with Gasteiger partial charge >= 0.3 is 0 Å². The molecular formula is C12H16Cl2O. The predicted octanol–water partition coefficient (Wildman–Crippen LogP) is 4.73. The molecule has 0 saturated carbocycles. The predicted molar refractivity (Wildman–Crippen MR) is 66.2 cm³/mol. The second-order valence-corrected chi connectivity index (χ2v) is 4.23. The lowest BCUT2D eigenvalue weighted by Crippen LogP contribution is -1.98. The van der Waals surface area contributed by atoms with Gasteiger partial charge in [-0.05, 0) is 30.5 Å². The third-order valence-corrected chi connectivity index (χ3v) is 3.00. The van der Waals surface area contributed by atoms with Crippen molar-refractivity contribution in [1.82, 2.24) is 0 Å². The maximum Gasteiger partial charge on any atom is 0.139 e. The van der Waals surface area contributed by atoms with Crippen LogP contribution >= 0.6 is 23.2 Å². The second kappa shape index (κ2) is 6.24. The van der Waals surface area contributed by atoms with Crippen LogP contribution in [0.4, 0.5) is 0 Å². The van der Waals surface area contributed by atoms with E-state index in [4.69, 9.17) is 27.9 Å². The van der Waals surface area contributed by atoms with Gasteiger partial charge in [0.15, 0.2) is 0 Å². The average Bonchev–Trinajstić information content (AvgIpc) is 2.24. The average molecular weight is 247 g/mol. The molecule has 1 aromatic rings. The van der Waals surface area contributed by atoms with Gasteiger partial charge in [-0.15, -0.1) is 0 Å². The van der Waals surface area contributed by atoms with Crippen LogP contribution in [0.25, 0.3) is 0 Å². The summed E-state index contributed by atoms with van der Waals surface area (Å²) in [6.45, 7) is 4.90. The normalized spacial score (nSPS) is 10.4. The number of halogens is 2. The molecule has 0 aliphatic rings. The van der Waals surface area contributed by atoms with E-state index in [1.807, 2.05) is 12.1 Å². The van der Waals surface area contributed by atoms with Crippen LogP contribution in [0.5, 0.6) is 5.75 Å². The lowest BCUT2D eigenvalue weighted by atomic mass is 10.1. The number of hydrogen-bond donors (Lipinski definition) is 0. The molecule has 0 amide bonds. The molecule has 0 saturated heterocycles. The Bertz CT molecular complexity index is 324. The Balaban J connectivity index is 2.80. The number of ether oxygens (including phenoxy) is 1. The first-order valence-corrected chi connectivity index (χ1v) is 6.05. The van der Waals surface area contributed by atoms with E-state index in [2.05, 4.69) is 13.8 Å². The van der Waals surface area contributed by atoms with Crippen molar-refractivity contribution < 1.29 is 4.74 Å². The van der Waals surface area contributed by atoms with Crippen molar-refractivity contribution in [2.45, 2.75) is 33.1 Å². The van der Waals surface area contributed by atoms with Crippen LogP contribution in [0.2, 0.25) is 10.0 Å². The zero-order valence-corrected chi connectivity index (χ0v) is 10.7. The highest BCUT2D eigenvalue weighted by Crippen LogP contribution is 2.33. The topological polar surface area (TPSA) is 9.23 Å². The van der Waals surface area contributed by atoms with Crippen LogP contribution in [0, 0.1) is 0 Å². The smallest absolute Gasteiger partial charge is 0.139 e. The fourth-order valence-corrected chi connectivity index (χ4v) is 1.65. The number of benzene rings is 1. The molecule has 0 aliphatic heterocycles.